The zero-order chi connectivity index (χ0) is 25.6. The number of piperazine rings is 1. The summed E-state index contributed by atoms with van der Waals surface area (Å²) in [4.78, 5) is 27.1. The molecule has 0 spiro atoms. The van der Waals surface area contributed by atoms with Gasteiger partial charge in [0.2, 0.25) is 5.95 Å². The van der Waals surface area contributed by atoms with Gasteiger partial charge in [-0.2, -0.15) is 0 Å². The van der Waals surface area contributed by atoms with Crippen molar-refractivity contribution in [1.82, 2.24) is 15.1 Å². The fourth-order valence-corrected chi connectivity index (χ4v) is 5.31. The Morgan fingerprint density at radius 1 is 0.895 bits per heavy atom. The number of nitrogens with zero attached hydrogens (tertiary/aromatic N) is 5. The third kappa shape index (κ3) is 3.54. The molecule has 2 aromatic heterocycles. The normalized spacial score (nSPS) is 14.5. The monoisotopic (exact) mass is 504 g/mol. The first-order chi connectivity index (χ1) is 18.7. The second kappa shape index (κ2) is 8.88. The maximum Gasteiger partial charge on any atom is 0.225 e. The quantitative estimate of drug-likeness (QED) is 0.351. The second-order valence-corrected chi connectivity index (χ2v) is 9.30. The Balaban J connectivity index is 1.33. The van der Waals surface area contributed by atoms with Gasteiger partial charge in [0.1, 0.15) is 11.3 Å². The lowest BCUT2D eigenvalue weighted by molar-refractivity contribution is 0.104. The van der Waals surface area contributed by atoms with Gasteiger partial charge in [-0.05, 0) is 36.4 Å². The third-order valence-electron chi connectivity index (χ3n) is 7.20. The average Bonchev–Trinajstić information content (AvgIpc) is 3.42. The highest BCUT2D eigenvalue weighted by Crippen LogP contribution is 2.46. The highest BCUT2D eigenvalue weighted by atomic mass is 16.5. The van der Waals surface area contributed by atoms with Crippen LogP contribution >= 0.6 is 0 Å². The molecule has 0 amide bonds. The molecule has 0 radical (unpaired) electrons. The number of hydrogen-bond donors (Lipinski definition) is 1. The van der Waals surface area contributed by atoms with Gasteiger partial charge in [-0.25, -0.2) is 9.97 Å². The van der Waals surface area contributed by atoms with Crippen molar-refractivity contribution in [3.8, 4) is 17.1 Å². The number of ether oxygens (including phenoxy) is 1. The van der Waals surface area contributed by atoms with Crippen molar-refractivity contribution >= 4 is 39.7 Å². The minimum absolute atomic E-state index is 0.0464. The molecule has 3 aromatic carbocycles. The van der Waals surface area contributed by atoms with Crippen LogP contribution in [0.3, 0.4) is 0 Å². The SMILES string of the molecule is COc1ccc(Nc2cc(N3CCN(c4ncccn4)CC3)c3noc4c3c2C(=O)c2ccccc2-4)cc1. The van der Waals surface area contributed by atoms with E-state index in [0.717, 1.165) is 65.9 Å². The van der Waals surface area contributed by atoms with Crippen molar-refractivity contribution in [3.63, 3.8) is 0 Å². The van der Waals surface area contributed by atoms with Gasteiger partial charge in [0.15, 0.2) is 11.5 Å². The molecule has 0 saturated carbocycles. The minimum atomic E-state index is -0.0464. The van der Waals surface area contributed by atoms with Gasteiger partial charge >= 0.3 is 0 Å². The summed E-state index contributed by atoms with van der Waals surface area (Å²) >= 11 is 0. The summed E-state index contributed by atoms with van der Waals surface area (Å²) in [6, 6.07) is 19.0. The molecule has 9 nitrogen and oxygen atoms in total. The van der Waals surface area contributed by atoms with Gasteiger partial charge in [0, 0.05) is 55.4 Å². The summed E-state index contributed by atoms with van der Waals surface area (Å²) in [5, 5.41) is 8.73. The molecule has 1 N–H and O–H groups in total. The van der Waals surface area contributed by atoms with Crippen molar-refractivity contribution in [3.05, 3.63) is 84.2 Å². The summed E-state index contributed by atoms with van der Waals surface area (Å²) in [5.74, 6) is 2.07. The molecule has 0 bridgehead atoms. The molecular formula is C29H24N6O3. The van der Waals surface area contributed by atoms with E-state index in [-0.39, 0.29) is 5.78 Å². The lowest BCUT2D eigenvalue weighted by atomic mass is 9.86. The van der Waals surface area contributed by atoms with E-state index >= 15 is 0 Å². The molecule has 5 aromatic rings. The molecule has 0 unspecified atom stereocenters. The average molecular weight is 505 g/mol. The van der Waals surface area contributed by atoms with E-state index in [2.05, 4.69) is 30.2 Å². The van der Waals surface area contributed by atoms with E-state index in [4.69, 9.17) is 9.26 Å². The van der Waals surface area contributed by atoms with Crippen LogP contribution in [0.2, 0.25) is 0 Å². The van der Waals surface area contributed by atoms with Crippen LogP contribution in [0.1, 0.15) is 15.9 Å². The van der Waals surface area contributed by atoms with Gasteiger partial charge in [0.25, 0.3) is 0 Å². The molecule has 188 valence electrons. The van der Waals surface area contributed by atoms with Crippen LogP contribution in [-0.4, -0.2) is 54.2 Å². The van der Waals surface area contributed by atoms with Crippen LogP contribution in [-0.2, 0) is 0 Å². The van der Waals surface area contributed by atoms with Crippen LogP contribution in [0.4, 0.5) is 23.0 Å². The molecule has 1 aliphatic carbocycles. The van der Waals surface area contributed by atoms with E-state index < -0.39 is 0 Å². The molecule has 7 rings (SSSR count). The molecule has 1 fully saturated rings. The number of methoxy groups -OCH3 is 1. The van der Waals surface area contributed by atoms with Gasteiger partial charge in [-0.15, -0.1) is 0 Å². The standard InChI is InChI=1S/C29H24N6O3/c1-37-19-9-7-18(8-10-19)32-22-17-23(34-13-15-35(16-14-34)29-30-11-4-12-31-29)26-25-24(22)27(36)20-5-2-3-6-21(20)28(25)38-33-26/h2-12,17,32H,13-16H2,1H3. The van der Waals surface area contributed by atoms with Gasteiger partial charge in [-0.1, -0.05) is 29.4 Å². The number of benzene rings is 3. The number of anilines is 4. The maximum absolute atomic E-state index is 13.8. The summed E-state index contributed by atoms with van der Waals surface area (Å²) in [6.07, 6.45) is 3.52. The smallest absolute Gasteiger partial charge is 0.225 e. The Hall–Kier alpha value is -4.92. The van der Waals surface area contributed by atoms with Crippen molar-refractivity contribution in [1.29, 1.82) is 0 Å². The summed E-state index contributed by atoms with van der Waals surface area (Å²) in [7, 11) is 1.64. The highest BCUT2D eigenvalue weighted by Gasteiger charge is 2.34. The van der Waals surface area contributed by atoms with Crippen LogP contribution in [0.15, 0.2) is 77.6 Å². The zero-order valence-corrected chi connectivity index (χ0v) is 20.7. The topological polar surface area (TPSA) is 96.6 Å². The first kappa shape index (κ1) is 22.3. The summed E-state index contributed by atoms with van der Waals surface area (Å²) in [5.41, 5.74) is 5.15. The van der Waals surface area contributed by atoms with Crippen molar-refractivity contribution in [2.75, 3.05) is 48.4 Å². The fraction of sp³-hybridized carbons (Fsp3) is 0.172. The third-order valence-corrected chi connectivity index (χ3v) is 7.20. The zero-order valence-electron chi connectivity index (χ0n) is 20.7. The van der Waals surface area contributed by atoms with E-state index in [1.54, 1.807) is 19.5 Å². The molecule has 0 atom stereocenters. The van der Waals surface area contributed by atoms with Gasteiger partial charge in [-0.3, -0.25) is 4.79 Å². The Morgan fingerprint density at radius 3 is 2.34 bits per heavy atom. The first-order valence-corrected chi connectivity index (χ1v) is 12.5. The molecule has 2 aliphatic rings. The molecule has 9 heteroatoms. The highest BCUT2D eigenvalue weighted by molar-refractivity contribution is 6.28. The lowest BCUT2D eigenvalue weighted by Gasteiger charge is -2.36. The number of fused-ring (bicyclic) bond motifs is 2. The molecular weight excluding hydrogens is 480 g/mol. The van der Waals surface area contributed by atoms with Crippen molar-refractivity contribution in [2.45, 2.75) is 0 Å². The number of aromatic nitrogens is 3. The predicted octanol–water partition coefficient (Wildman–Crippen LogP) is 4.91. The summed E-state index contributed by atoms with van der Waals surface area (Å²) in [6.45, 7) is 3.03. The van der Waals surface area contributed by atoms with E-state index in [1.165, 1.54) is 0 Å². The van der Waals surface area contributed by atoms with Crippen LogP contribution in [0.25, 0.3) is 22.2 Å². The van der Waals surface area contributed by atoms with Gasteiger partial charge in [0.05, 0.1) is 29.4 Å². The largest absolute Gasteiger partial charge is 0.497 e. The predicted molar refractivity (Wildman–Crippen MR) is 146 cm³/mol. The van der Waals surface area contributed by atoms with Gasteiger partial charge < -0.3 is 24.4 Å². The Kier molecular flexibility index (Phi) is 5.21. The number of nitrogens with one attached hydrogen (secondary N) is 1. The first-order valence-electron chi connectivity index (χ1n) is 12.5. The molecule has 1 saturated heterocycles. The summed E-state index contributed by atoms with van der Waals surface area (Å²) < 4.78 is 11.2. The number of ketones is 1. The second-order valence-electron chi connectivity index (χ2n) is 9.30. The van der Waals surface area contributed by atoms with E-state index in [9.17, 15) is 4.79 Å². The lowest BCUT2D eigenvalue weighted by Crippen LogP contribution is -2.47. The Morgan fingerprint density at radius 2 is 1.61 bits per heavy atom. The minimum Gasteiger partial charge on any atom is -0.497 e. The molecule has 38 heavy (non-hydrogen) atoms. The van der Waals surface area contributed by atoms with Crippen LogP contribution in [0, 0.1) is 0 Å². The van der Waals surface area contributed by atoms with E-state index in [1.807, 2.05) is 60.7 Å². The van der Waals surface area contributed by atoms with Crippen molar-refractivity contribution < 1.29 is 14.1 Å². The Bertz CT molecular complexity index is 1660. The molecule has 3 heterocycles. The molecule has 1 aliphatic heterocycles. The fourth-order valence-electron chi connectivity index (χ4n) is 5.31. The van der Waals surface area contributed by atoms with Crippen molar-refractivity contribution in [2.24, 2.45) is 0 Å². The van der Waals surface area contributed by atoms with E-state index in [0.29, 0.717) is 22.4 Å². The number of hydrogen-bond acceptors (Lipinski definition) is 9. The number of carbonyl (C=O) groups is 1. The maximum atomic E-state index is 13.8. The Labute approximate surface area is 218 Å². The number of rotatable bonds is 5. The number of carbonyl (C=O) groups excluding carboxylic acids is 1. The van der Waals surface area contributed by atoms with Crippen LogP contribution in [0.5, 0.6) is 5.75 Å². The van der Waals surface area contributed by atoms with Crippen LogP contribution < -0.4 is 19.9 Å².